The Morgan fingerprint density at radius 2 is 1.28 bits per heavy atom. The molecule has 5 rings (SSSR count). The normalized spacial score (nSPS) is 10.5. The Bertz CT molecular complexity index is 1590. The molecule has 3 N–H and O–H groups in total. The number of carbonyl (C=O) groups is 2. The first-order chi connectivity index (χ1) is 18.5. The summed E-state index contributed by atoms with van der Waals surface area (Å²) in [7, 11) is 0. The van der Waals surface area contributed by atoms with Crippen LogP contribution in [0.25, 0.3) is 45.0 Å². The standard InChI is InChI=1S/C31H25N3O4.CH4/c35-27(36)19-32-24-15-9-14-23(18-24)25-16-7-8-17-26(25)31-33-29(21-10-3-1-4-11-21)30(34(31)20-28(37)38)22-12-5-2-6-13-22;/h1-18,32H,19-20H2,(H,35,36)(H,37,38);1H4. The van der Waals surface area contributed by atoms with E-state index in [1.807, 2.05) is 103 Å². The number of nitrogens with one attached hydrogen (secondary N) is 1. The van der Waals surface area contributed by atoms with Gasteiger partial charge in [0.05, 0.1) is 11.4 Å². The number of benzene rings is 4. The first-order valence-electron chi connectivity index (χ1n) is 12.1. The van der Waals surface area contributed by atoms with Crippen LogP contribution < -0.4 is 5.32 Å². The van der Waals surface area contributed by atoms with Gasteiger partial charge in [0.25, 0.3) is 0 Å². The van der Waals surface area contributed by atoms with Crippen LogP contribution in [-0.2, 0) is 16.1 Å². The van der Waals surface area contributed by atoms with Crippen LogP contribution in [0.5, 0.6) is 0 Å². The Morgan fingerprint density at radius 1 is 0.692 bits per heavy atom. The third-order valence-corrected chi connectivity index (χ3v) is 6.14. The molecule has 0 aliphatic rings. The second-order valence-corrected chi connectivity index (χ2v) is 8.72. The Kier molecular flexibility index (Phi) is 8.21. The van der Waals surface area contributed by atoms with Gasteiger partial charge in [0.2, 0.25) is 0 Å². The van der Waals surface area contributed by atoms with Crippen LogP contribution in [0.15, 0.2) is 109 Å². The summed E-state index contributed by atoms with van der Waals surface area (Å²) >= 11 is 0. The molecule has 0 atom stereocenters. The van der Waals surface area contributed by atoms with E-state index in [0.29, 0.717) is 17.2 Å². The smallest absolute Gasteiger partial charge is 0.323 e. The van der Waals surface area contributed by atoms with Gasteiger partial charge in [-0.2, -0.15) is 0 Å². The topological polar surface area (TPSA) is 104 Å². The molecule has 0 fully saturated rings. The first-order valence-corrected chi connectivity index (χ1v) is 12.1. The molecule has 1 aromatic heterocycles. The number of hydrogen-bond donors (Lipinski definition) is 3. The fraction of sp³-hybridized carbons (Fsp3) is 0.0938. The Morgan fingerprint density at radius 3 is 1.92 bits per heavy atom. The number of hydrogen-bond acceptors (Lipinski definition) is 4. The van der Waals surface area contributed by atoms with Gasteiger partial charge < -0.3 is 20.1 Å². The molecule has 0 radical (unpaired) electrons. The highest BCUT2D eigenvalue weighted by Crippen LogP contribution is 2.39. The summed E-state index contributed by atoms with van der Waals surface area (Å²) < 4.78 is 1.76. The fourth-order valence-corrected chi connectivity index (χ4v) is 4.54. The summed E-state index contributed by atoms with van der Waals surface area (Å²) in [4.78, 5) is 28.2. The van der Waals surface area contributed by atoms with E-state index < -0.39 is 11.9 Å². The molecule has 7 nitrogen and oxygen atoms in total. The lowest BCUT2D eigenvalue weighted by molar-refractivity contribution is -0.137. The third kappa shape index (κ3) is 5.88. The van der Waals surface area contributed by atoms with E-state index in [4.69, 9.17) is 10.1 Å². The molecule has 0 saturated heterocycles. The van der Waals surface area contributed by atoms with Crippen molar-refractivity contribution in [3.05, 3.63) is 109 Å². The molecule has 196 valence electrons. The van der Waals surface area contributed by atoms with Crippen LogP contribution in [0.3, 0.4) is 0 Å². The summed E-state index contributed by atoms with van der Waals surface area (Å²) in [5.74, 6) is -1.39. The zero-order chi connectivity index (χ0) is 26.5. The molecule has 0 spiro atoms. The lowest BCUT2D eigenvalue weighted by Gasteiger charge is -2.14. The van der Waals surface area contributed by atoms with Crippen LogP contribution in [-0.4, -0.2) is 38.2 Å². The molecule has 0 saturated carbocycles. The highest BCUT2D eigenvalue weighted by molar-refractivity contribution is 5.88. The van der Waals surface area contributed by atoms with Crippen molar-refractivity contribution >= 4 is 17.6 Å². The Balaban J connectivity index is 0.00000353. The second kappa shape index (κ2) is 11.9. The minimum absolute atomic E-state index is 0. The summed E-state index contributed by atoms with van der Waals surface area (Å²) in [5.41, 5.74) is 6.30. The van der Waals surface area contributed by atoms with E-state index in [1.54, 1.807) is 10.6 Å². The van der Waals surface area contributed by atoms with Crippen LogP contribution in [0.1, 0.15) is 7.43 Å². The maximum atomic E-state index is 12.1. The molecule has 0 unspecified atom stereocenters. The minimum Gasteiger partial charge on any atom is -0.480 e. The number of nitrogens with zero attached hydrogens (tertiary/aromatic N) is 2. The first kappa shape index (κ1) is 26.9. The van der Waals surface area contributed by atoms with E-state index in [0.717, 1.165) is 33.5 Å². The third-order valence-electron chi connectivity index (χ3n) is 6.14. The highest BCUT2D eigenvalue weighted by atomic mass is 16.4. The van der Waals surface area contributed by atoms with Crippen LogP contribution in [0, 0.1) is 0 Å². The van der Waals surface area contributed by atoms with E-state index in [9.17, 15) is 14.7 Å². The van der Waals surface area contributed by atoms with Crippen molar-refractivity contribution < 1.29 is 19.8 Å². The number of carboxylic acid groups (broad SMARTS) is 2. The molecule has 5 aromatic rings. The van der Waals surface area contributed by atoms with Gasteiger partial charge in [-0.1, -0.05) is 104 Å². The van der Waals surface area contributed by atoms with Crippen molar-refractivity contribution in [1.29, 1.82) is 0 Å². The van der Waals surface area contributed by atoms with Crippen molar-refractivity contribution in [3.8, 4) is 45.0 Å². The zero-order valence-corrected chi connectivity index (χ0v) is 20.4. The number of aromatic nitrogens is 2. The maximum absolute atomic E-state index is 12.1. The molecule has 7 heteroatoms. The molecule has 0 aliphatic heterocycles. The maximum Gasteiger partial charge on any atom is 0.323 e. The lowest BCUT2D eigenvalue weighted by atomic mass is 9.98. The second-order valence-electron chi connectivity index (χ2n) is 8.72. The quantitative estimate of drug-likeness (QED) is 0.199. The molecule has 0 amide bonds. The van der Waals surface area contributed by atoms with Gasteiger partial charge in [-0.05, 0) is 23.3 Å². The summed E-state index contributed by atoms with van der Waals surface area (Å²) in [5, 5.41) is 21.9. The van der Waals surface area contributed by atoms with Crippen molar-refractivity contribution in [2.24, 2.45) is 0 Å². The van der Waals surface area contributed by atoms with Crippen LogP contribution in [0.2, 0.25) is 0 Å². The number of anilines is 1. The van der Waals surface area contributed by atoms with Crippen LogP contribution >= 0.6 is 0 Å². The summed E-state index contributed by atoms with van der Waals surface area (Å²) in [6.07, 6.45) is 0. The van der Waals surface area contributed by atoms with Gasteiger partial charge >= 0.3 is 11.9 Å². The van der Waals surface area contributed by atoms with Crippen molar-refractivity contribution in [2.45, 2.75) is 14.0 Å². The highest BCUT2D eigenvalue weighted by Gasteiger charge is 2.24. The van der Waals surface area contributed by atoms with E-state index in [1.165, 1.54) is 0 Å². The van der Waals surface area contributed by atoms with Crippen LogP contribution in [0.4, 0.5) is 5.69 Å². The molecule has 1 heterocycles. The van der Waals surface area contributed by atoms with Crippen molar-refractivity contribution in [1.82, 2.24) is 9.55 Å². The Hall–Kier alpha value is -5.17. The number of rotatable bonds is 9. The summed E-state index contributed by atoms with van der Waals surface area (Å²) in [6.45, 7) is -0.469. The molecular weight excluding hydrogens is 490 g/mol. The van der Waals surface area contributed by atoms with Gasteiger partial charge in [-0.25, -0.2) is 4.98 Å². The zero-order valence-electron chi connectivity index (χ0n) is 20.4. The molecular formula is C32H29N3O4. The SMILES string of the molecule is C.O=C(O)CNc1cccc(-c2ccccc2-c2nc(-c3ccccc3)c(-c3ccccc3)n2CC(=O)O)c1. The largest absolute Gasteiger partial charge is 0.480 e. The van der Waals surface area contributed by atoms with Crippen molar-refractivity contribution in [2.75, 3.05) is 11.9 Å². The molecule has 0 aliphatic carbocycles. The van der Waals surface area contributed by atoms with Gasteiger partial charge in [0.1, 0.15) is 18.9 Å². The predicted octanol–water partition coefficient (Wildman–Crippen LogP) is 6.77. The number of aliphatic carboxylic acids is 2. The number of imidazole rings is 1. The average Bonchev–Trinajstić information content (AvgIpc) is 3.31. The van der Waals surface area contributed by atoms with E-state index in [-0.39, 0.29) is 20.5 Å². The average molecular weight is 520 g/mol. The summed E-state index contributed by atoms with van der Waals surface area (Å²) in [6, 6.07) is 34.6. The minimum atomic E-state index is -0.974. The molecule has 39 heavy (non-hydrogen) atoms. The van der Waals surface area contributed by atoms with E-state index in [2.05, 4.69) is 5.32 Å². The van der Waals surface area contributed by atoms with Crippen molar-refractivity contribution in [3.63, 3.8) is 0 Å². The molecule has 0 bridgehead atoms. The van der Waals surface area contributed by atoms with E-state index >= 15 is 0 Å². The lowest BCUT2D eigenvalue weighted by Crippen LogP contribution is -2.12. The van der Waals surface area contributed by atoms with Gasteiger partial charge in [0, 0.05) is 22.4 Å². The predicted molar refractivity (Wildman–Crippen MR) is 154 cm³/mol. The van der Waals surface area contributed by atoms with Gasteiger partial charge in [0.15, 0.2) is 0 Å². The fourth-order valence-electron chi connectivity index (χ4n) is 4.54. The monoisotopic (exact) mass is 519 g/mol. The Labute approximate surface area is 227 Å². The molecule has 4 aromatic carbocycles. The van der Waals surface area contributed by atoms with Gasteiger partial charge in [-0.15, -0.1) is 0 Å². The van der Waals surface area contributed by atoms with Gasteiger partial charge in [-0.3, -0.25) is 9.59 Å². The number of carboxylic acids is 2.